The van der Waals surface area contributed by atoms with E-state index in [1.54, 1.807) is 12.1 Å². The molecular formula is C18H26N2O5S. The summed E-state index contributed by atoms with van der Waals surface area (Å²) in [6.45, 7) is 2.75. The van der Waals surface area contributed by atoms with Crippen molar-refractivity contribution in [3.8, 4) is 0 Å². The second-order valence-electron chi connectivity index (χ2n) is 6.49. The van der Waals surface area contributed by atoms with Crippen LogP contribution in [0.25, 0.3) is 0 Å². The maximum atomic E-state index is 12.9. The Balaban J connectivity index is 2.19. The molecule has 1 saturated heterocycles. The maximum Gasteiger partial charge on any atom is 0.308 e. The van der Waals surface area contributed by atoms with E-state index < -0.39 is 27.8 Å². The highest BCUT2D eigenvalue weighted by atomic mass is 32.2. The summed E-state index contributed by atoms with van der Waals surface area (Å²) >= 11 is 0. The first-order valence-electron chi connectivity index (χ1n) is 8.98. The molecule has 26 heavy (non-hydrogen) atoms. The zero-order valence-corrected chi connectivity index (χ0v) is 15.8. The number of benzene rings is 1. The number of carboxylic acids is 1. The Morgan fingerprint density at radius 1 is 1.19 bits per heavy atom. The van der Waals surface area contributed by atoms with Gasteiger partial charge in [-0.3, -0.25) is 9.59 Å². The first kappa shape index (κ1) is 20.4. The molecule has 1 atom stereocenters. The molecule has 1 unspecified atom stereocenters. The predicted octanol–water partition coefficient (Wildman–Crippen LogP) is 2.09. The topological polar surface area (TPSA) is 104 Å². The number of carboxylic acid groups (broad SMARTS) is 1. The van der Waals surface area contributed by atoms with Crippen LogP contribution in [0.5, 0.6) is 0 Å². The number of amides is 1. The number of sulfonamides is 1. The van der Waals surface area contributed by atoms with Crippen molar-refractivity contribution in [2.45, 2.75) is 43.9 Å². The van der Waals surface area contributed by atoms with Gasteiger partial charge in [0, 0.05) is 19.6 Å². The van der Waals surface area contributed by atoms with Gasteiger partial charge in [-0.15, -0.1) is 0 Å². The van der Waals surface area contributed by atoms with Crippen molar-refractivity contribution >= 4 is 21.9 Å². The second kappa shape index (κ2) is 9.14. The molecule has 2 N–H and O–H groups in total. The van der Waals surface area contributed by atoms with E-state index in [0.29, 0.717) is 25.9 Å². The van der Waals surface area contributed by atoms with E-state index in [1.165, 1.54) is 16.4 Å². The number of nitrogens with one attached hydrogen (secondary N) is 1. The van der Waals surface area contributed by atoms with Crippen LogP contribution >= 0.6 is 0 Å². The van der Waals surface area contributed by atoms with Crippen LogP contribution in [0.2, 0.25) is 0 Å². The molecule has 0 aliphatic carbocycles. The largest absolute Gasteiger partial charge is 0.481 e. The van der Waals surface area contributed by atoms with Gasteiger partial charge in [-0.25, -0.2) is 8.42 Å². The van der Waals surface area contributed by atoms with Crippen LogP contribution in [-0.2, 0) is 14.8 Å². The van der Waals surface area contributed by atoms with Crippen LogP contribution in [0.15, 0.2) is 29.2 Å². The molecule has 144 valence electrons. The predicted molar refractivity (Wildman–Crippen MR) is 97.4 cm³/mol. The molecule has 0 aromatic heterocycles. The summed E-state index contributed by atoms with van der Waals surface area (Å²) in [5.74, 6) is -2.22. The van der Waals surface area contributed by atoms with Gasteiger partial charge in [-0.1, -0.05) is 31.9 Å². The van der Waals surface area contributed by atoms with Crippen LogP contribution in [-0.4, -0.2) is 49.3 Å². The van der Waals surface area contributed by atoms with Crippen LogP contribution in [0.4, 0.5) is 0 Å². The van der Waals surface area contributed by atoms with Crippen molar-refractivity contribution in [1.82, 2.24) is 9.62 Å². The summed E-state index contributed by atoms with van der Waals surface area (Å²) in [4.78, 5) is 23.7. The number of aliphatic carboxylic acids is 1. The molecule has 1 aromatic rings. The smallest absolute Gasteiger partial charge is 0.308 e. The van der Waals surface area contributed by atoms with Crippen LogP contribution in [0, 0.1) is 5.92 Å². The molecule has 1 fully saturated rings. The minimum Gasteiger partial charge on any atom is -0.481 e. The SMILES string of the molecule is CCCC(CNC(=O)c1ccccc1S(=O)(=O)N1CCCCC1)C(=O)O. The van der Waals surface area contributed by atoms with E-state index in [-0.39, 0.29) is 17.0 Å². The maximum absolute atomic E-state index is 12.9. The number of hydrogen-bond donors (Lipinski definition) is 2. The highest BCUT2D eigenvalue weighted by Gasteiger charge is 2.30. The first-order chi connectivity index (χ1) is 12.4. The van der Waals surface area contributed by atoms with Gasteiger partial charge in [0.1, 0.15) is 0 Å². The Bertz CT molecular complexity index is 742. The van der Waals surface area contributed by atoms with E-state index in [0.717, 1.165) is 19.3 Å². The summed E-state index contributed by atoms with van der Waals surface area (Å²) < 4.78 is 27.2. The Morgan fingerprint density at radius 2 is 1.85 bits per heavy atom. The van der Waals surface area contributed by atoms with E-state index >= 15 is 0 Å². The van der Waals surface area contributed by atoms with Crippen molar-refractivity contribution in [2.24, 2.45) is 5.92 Å². The average Bonchev–Trinajstić information content (AvgIpc) is 2.65. The van der Waals surface area contributed by atoms with Gasteiger partial charge in [0.15, 0.2) is 0 Å². The fraction of sp³-hybridized carbons (Fsp3) is 0.556. The molecule has 1 heterocycles. The van der Waals surface area contributed by atoms with E-state index in [2.05, 4.69) is 5.32 Å². The first-order valence-corrected chi connectivity index (χ1v) is 10.4. The zero-order chi connectivity index (χ0) is 19.2. The molecule has 7 nitrogen and oxygen atoms in total. The Morgan fingerprint density at radius 3 is 2.46 bits per heavy atom. The van der Waals surface area contributed by atoms with E-state index in [1.807, 2.05) is 6.92 Å². The fourth-order valence-corrected chi connectivity index (χ4v) is 4.80. The third-order valence-corrected chi connectivity index (χ3v) is 6.52. The third-order valence-electron chi connectivity index (χ3n) is 4.56. The molecule has 1 aliphatic rings. The Labute approximate surface area is 154 Å². The van der Waals surface area contributed by atoms with Gasteiger partial charge < -0.3 is 10.4 Å². The van der Waals surface area contributed by atoms with Crippen LogP contribution < -0.4 is 5.32 Å². The summed E-state index contributed by atoms with van der Waals surface area (Å²) in [5, 5.41) is 11.8. The summed E-state index contributed by atoms with van der Waals surface area (Å²) in [5.41, 5.74) is 0.0544. The van der Waals surface area contributed by atoms with Gasteiger partial charge in [-0.2, -0.15) is 4.31 Å². The van der Waals surface area contributed by atoms with Crippen LogP contribution in [0.1, 0.15) is 49.4 Å². The van der Waals surface area contributed by atoms with Crippen molar-refractivity contribution in [3.05, 3.63) is 29.8 Å². The van der Waals surface area contributed by atoms with Crippen molar-refractivity contribution in [1.29, 1.82) is 0 Å². The molecule has 0 bridgehead atoms. The van der Waals surface area contributed by atoms with Crippen molar-refractivity contribution in [3.63, 3.8) is 0 Å². The van der Waals surface area contributed by atoms with Gasteiger partial charge in [0.25, 0.3) is 5.91 Å². The molecule has 2 rings (SSSR count). The van der Waals surface area contributed by atoms with Gasteiger partial charge in [-0.05, 0) is 31.4 Å². The lowest BCUT2D eigenvalue weighted by atomic mass is 10.0. The molecule has 8 heteroatoms. The quantitative estimate of drug-likeness (QED) is 0.716. The second-order valence-corrected chi connectivity index (χ2v) is 8.40. The highest BCUT2D eigenvalue weighted by molar-refractivity contribution is 7.89. The number of rotatable bonds is 8. The minimum absolute atomic E-state index is 0.0261. The van der Waals surface area contributed by atoms with Gasteiger partial charge >= 0.3 is 5.97 Å². The molecule has 1 aromatic carbocycles. The van der Waals surface area contributed by atoms with Crippen LogP contribution in [0.3, 0.4) is 0 Å². The lowest BCUT2D eigenvalue weighted by Gasteiger charge is -2.26. The molecule has 1 aliphatic heterocycles. The number of carbonyl (C=O) groups excluding carboxylic acids is 1. The fourth-order valence-electron chi connectivity index (χ4n) is 3.10. The summed E-state index contributed by atoms with van der Waals surface area (Å²) in [7, 11) is -3.75. The Kier molecular flexibility index (Phi) is 7.16. The summed E-state index contributed by atoms with van der Waals surface area (Å²) in [6.07, 6.45) is 3.76. The van der Waals surface area contributed by atoms with Crippen molar-refractivity contribution in [2.75, 3.05) is 19.6 Å². The van der Waals surface area contributed by atoms with E-state index in [9.17, 15) is 23.1 Å². The molecule has 0 spiro atoms. The lowest BCUT2D eigenvalue weighted by Crippen LogP contribution is -2.38. The monoisotopic (exact) mass is 382 g/mol. The molecule has 0 saturated carbocycles. The average molecular weight is 382 g/mol. The zero-order valence-electron chi connectivity index (χ0n) is 15.0. The van der Waals surface area contributed by atoms with Gasteiger partial charge in [0.2, 0.25) is 10.0 Å². The van der Waals surface area contributed by atoms with E-state index in [4.69, 9.17) is 0 Å². The minimum atomic E-state index is -3.75. The molecule has 1 amide bonds. The standard InChI is InChI=1S/C18H26N2O5S/c1-2-8-14(18(22)23)13-19-17(21)15-9-4-5-10-16(15)26(24,25)20-11-6-3-7-12-20/h4-5,9-10,14H,2-3,6-8,11-13H2,1H3,(H,19,21)(H,22,23). The van der Waals surface area contributed by atoms with Gasteiger partial charge in [0.05, 0.1) is 16.4 Å². The number of piperidine rings is 1. The molecular weight excluding hydrogens is 356 g/mol. The molecule has 0 radical (unpaired) electrons. The lowest BCUT2D eigenvalue weighted by molar-refractivity contribution is -0.141. The highest BCUT2D eigenvalue weighted by Crippen LogP contribution is 2.23. The number of nitrogens with zero attached hydrogens (tertiary/aromatic N) is 1. The normalized spacial score (nSPS) is 16.8. The summed E-state index contributed by atoms with van der Waals surface area (Å²) in [6, 6.07) is 6.08. The van der Waals surface area contributed by atoms with Crippen molar-refractivity contribution < 1.29 is 23.1 Å². The Hall–Kier alpha value is -1.93. The third kappa shape index (κ3) is 4.82. The number of hydrogen-bond acceptors (Lipinski definition) is 4. The number of carbonyl (C=O) groups is 2.